The molecule has 0 aromatic carbocycles. The zero-order valence-corrected chi connectivity index (χ0v) is 15.8. The van der Waals surface area contributed by atoms with E-state index in [1.807, 2.05) is 12.3 Å². The smallest absolute Gasteiger partial charge is 0.303 e. The number of carboxylic acids is 1. The largest absolute Gasteiger partial charge is 0.481 e. The zero-order chi connectivity index (χ0) is 17.7. The van der Waals surface area contributed by atoms with Crippen molar-refractivity contribution in [1.29, 1.82) is 0 Å². The molecule has 0 bridgehead atoms. The van der Waals surface area contributed by atoms with Gasteiger partial charge in [0.15, 0.2) is 0 Å². The Bertz CT molecular complexity index is 285. The molecule has 4 nitrogen and oxygen atoms in total. The van der Waals surface area contributed by atoms with Crippen LogP contribution >= 0.6 is 0 Å². The second-order valence-corrected chi connectivity index (χ2v) is 6.62. The molecule has 1 heterocycles. The molecule has 0 radical (unpaired) electrons. The molecule has 0 saturated carbocycles. The third-order valence-corrected chi connectivity index (χ3v) is 4.22. The summed E-state index contributed by atoms with van der Waals surface area (Å²) in [5, 5.41) is 14.6. The van der Waals surface area contributed by atoms with Crippen LogP contribution in [0.3, 0.4) is 0 Å². The van der Waals surface area contributed by atoms with E-state index in [9.17, 15) is 4.79 Å². The van der Waals surface area contributed by atoms with Gasteiger partial charge < -0.3 is 10.4 Å². The second kappa shape index (κ2) is 20.0. The fraction of sp³-hybridized carbons (Fsp3) is 0.850. The van der Waals surface area contributed by atoms with E-state index in [1.165, 1.54) is 70.6 Å². The quantitative estimate of drug-likeness (QED) is 0.380. The van der Waals surface area contributed by atoms with Gasteiger partial charge in [-0.2, -0.15) is 0 Å². The first-order chi connectivity index (χ1) is 11.8. The van der Waals surface area contributed by atoms with E-state index in [0.29, 0.717) is 6.42 Å². The van der Waals surface area contributed by atoms with Crippen LogP contribution in [0.25, 0.3) is 0 Å². The minimum Gasteiger partial charge on any atom is -0.481 e. The topological polar surface area (TPSA) is 61.4 Å². The molecular formula is C20H40N2O2. The maximum absolute atomic E-state index is 10.3. The van der Waals surface area contributed by atoms with Crippen molar-refractivity contribution in [2.24, 2.45) is 0 Å². The van der Waals surface area contributed by atoms with E-state index in [4.69, 9.17) is 5.11 Å². The standard InChI is InChI=1S/C16H32O2.C4H8N2/c1-2-3-4-5-6-7-8-9-10-11-12-13-14-15-16(17)18;1-2-5-4-6-3-1/h2-15H2,1H3,(H,17,18);1-2,5-6H,3-4H2. The van der Waals surface area contributed by atoms with Crippen LogP contribution in [0.5, 0.6) is 0 Å². The van der Waals surface area contributed by atoms with E-state index < -0.39 is 5.97 Å². The molecule has 0 atom stereocenters. The Morgan fingerprint density at radius 1 is 0.875 bits per heavy atom. The molecule has 0 fully saturated rings. The molecule has 0 aromatic heterocycles. The third-order valence-electron chi connectivity index (χ3n) is 4.22. The first-order valence-corrected chi connectivity index (χ1v) is 10.1. The Balaban J connectivity index is 0.000000728. The molecule has 0 unspecified atom stereocenters. The van der Waals surface area contributed by atoms with Gasteiger partial charge in [-0.05, 0) is 12.6 Å². The molecule has 1 aliphatic rings. The molecule has 0 saturated heterocycles. The van der Waals surface area contributed by atoms with Crippen molar-refractivity contribution >= 4 is 5.97 Å². The van der Waals surface area contributed by atoms with Crippen molar-refractivity contribution in [3.8, 4) is 0 Å². The van der Waals surface area contributed by atoms with Gasteiger partial charge in [0.05, 0.1) is 6.67 Å². The Morgan fingerprint density at radius 2 is 1.38 bits per heavy atom. The summed E-state index contributed by atoms with van der Waals surface area (Å²) in [5.74, 6) is -0.655. The van der Waals surface area contributed by atoms with Crippen LogP contribution in [0, 0.1) is 0 Å². The van der Waals surface area contributed by atoms with Gasteiger partial charge >= 0.3 is 5.97 Å². The fourth-order valence-corrected chi connectivity index (χ4v) is 2.72. The summed E-state index contributed by atoms with van der Waals surface area (Å²) < 4.78 is 0. The van der Waals surface area contributed by atoms with Crippen LogP contribution in [0.1, 0.15) is 96.8 Å². The molecule has 0 aromatic rings. The Labute approximate surface area is 149 Å². The normalized spacial score (nSPS) is 13.0. The average molecular weight is 341 g/mol. The summed E-state index contributed by atoms with van der Waals surface area (Å²) in [4.78, 5) is 10.3. The first-order valence-electron chi connectivity index (χ1n) is 10.1. The number of aliphatic carboxylic acids is 1. The van der Waals surface area contributed by atoms with Gasteiger partial charge in [0.2, 0.25) is 0 Å². The Morgan fingerprint density at radius 3 is 1.67 bits per heavy atom. The minimum absolute atomic E-state index is 0.345. The van der Waals surface area contributed by atoms with Crippen molar-refractivity contribution in [3.63, 3.8) is 0 Å². The molecule has 4 heteroatoms. The lowest BCUT2D eigenvalue weighted by Crippen LogP contribution is -2.29. The summed E-state index contributed by atoms with van der Waals surface area (Å²) in [7, 11) is 0. The number of hydrogen-bond donors (Lipinski definition) is 3. The predicted octanol–water partition coefficient (Wildman–Crippen LogP) is 5.20. The van der Waals surface area contributed by atoms with E-state index in [-0.39, 0.29) is 0 Å². The zero-order valence-electron chi connectivity index (χ0n) is 15.8. The van der Waals surface area contributed by atoms with Crippen molar-refractivity contribution in [2.45, 2.75) is 96.8 Å². The summed E-state index contributed by atoms with van der Waals surface area (Å²) >= 11 is 0. The molecule has 142 valence electrons. The van der Waals surface area contributed by atoms with Crippen LogP contribution < -0.4 is 10.6 Å². The maximum atomic E-state index is 10.3. The number of nitrogens with one attached hydrogen (secondary N) is 2. The highest BCUT2D eigenvalue weighted by Gasteiger charge is 1.96. The van der Waals surface area contributed by atoms with Crippen LogP contribution in [0.2, 0.25) is 0 Å². The van der Waals surface area contributed by atoms with Crippen molar-refractivity contribution in [1.82, 2.24) is 10.6 Å². The lowest BCUT2D eigenvalue weighted by Gasteiger charge is -2.05. The van der Waals surface area contributed by atoms with Crippen LogP contribution in [-0.4, -0.2) is 24.3 Å². The lowest BCUT2D eigenvalue weighted by molar-refractivity contribution is -0.137. The van der Waals surface area contributed by atoms with Gasteiger partial charge in [0, 0.05) is 13.0 Å². The molecule has 0 aliphatic carbocycles. The van der Waals surface area contributed by atoms with Gasteiger partial charge in [0.1, 0.15) is 0 Å². The van der Waals surface area contributed by atoms with Gasteiger partial charge in [-0.25, -0.2) is 0 Å². The van der Waals surface area contributed by atoms with Crippen LogP contribution in [-0.2, 0) is 4.79 Å². The van der Waals surface area contributed by atoms with Crippen LogP contribution in [0.4, 0.5) is 0 Å². The van der Waals surface area contributed by atoms with Gasteiger partial charge in [-0.15, -0.1) is 0 Å². The van der Waals surface area contributed by atoms with E-state index in [2.05, 4.69) is 17.6 Å². The van der Waals surface area contributed by atoms with Crippen molar-refractivity contribution in [2.75, 3.05) is 13.2 Å². The predicted molar refractivity (Wildman–Crippen MR) is 103 cm³/mol. The molecule has 24 heavy (non-hydrogen) atoms. The Hall–Kier alpha value is -1.03. The monoisotopic (exact) mass is 340 g/mol. The number of carbonyl (C=O) groups is 1. The molecular weight excluding hydrogens is 300 g/mol. The second-order valence-electron chi connectivity index (χ2n) is 6.62. The van der Waals surface area contributed by atoms with E-state index in [0.717, 1.165) is 26.1 Å². The first kappa shape index (κ1) is 23.0. The van der Waals surface area contributed by atoms with Crippen molar-refractivity contribution < 1.29 is 9.90 Å². The molecule has 1 aliphatic heterocycles. The highest BCUT2D eigenvalue weighted by Crippen LogP contribution is 2.12. The van der Waals surface area contributed by atoms with E-state index >= 15 is 0 Å². The van der Waals surface area contributed by atoms with Gasteiger partial charge in [0.25, 0.3) is 0 Å². The highest BCUT2D eigenvalue weighted by atomic mass is 16.4. The number of hydrogen-bond acceptors (Lipinski definition) is 3. The number of unbranched alkanes of at least 4 members (excludes halogenated alkanes) is 12. The number of rotatable bonds is 14. The molecule has 1 rings (SSSR count). The van der Waals surface area contributed by atoms with Gasteiger partial charge in [-0.3, -0.25) is 10.1 Å². The fourth-order valence-electron chi connectivity index (χ4n) is 2.72. The third kappa shape index (κ3) is 21.0. The number of carboxylic acid groups (broad SMARTS) is 1. The summed E-state index contributed by atoms with van der Waals surface area (Å²) in [6.07, 6.45) is 21.3. The molecule has 3 N–H and O–H groups in total. The average Bonchev–Trinajstić information content (AvgIpc) is 2.61. The lowest BCUT2D eigenvalue weighted by atomic mass is 10.0. The highest BCUT2D eigenvalue weighted by molar-refractivity contribution is 5.66. The van der Waals surface area contributed by atoms with E-state index in [1.54, 1.807) is 0 Å². The van der Waals surface area contributed by atoms with Gasteiger partial charge in [-0.1, -0.05) is 90.0 Å². The molecule has 0 amide bonds. The minimum atomic E-state index is -0.655. The summed E-state index contributed by atoms with van der Waals surface area (Å²) in [6, 6.07) is 0. The van der Waals surface area contributed by atoms with Crippen LogP contribution in [0.15, 0.2) is 12.3 Å². The Kier molecular flexibility index (Phi) is 19.2. The maximum Gasteiger partial charge on any atom is 0.303 e. The van der Waals surface area contributed by atoms with Crippen molar-refractivity contribution in [3.05, 3.63) is 12.3 Å². The SMILES string of the molecule is C1=CNCNC1.CCCCCCCCCCCCCCCC(=O)O. The summed E-state index contributed by atoms with van der Waals surface area (Å²) in [6.45, 7) is 4.18. The summed E-state index contributed by atoms with van der Waals surface area (Å²) in [5.41, 5.74) is 0. The molecule has 0 spiro atoms.